The van der Waals surface area contributed by atoms with Gasteiger partial charge in [0.25, 0.3) is 0 Å². The Hall–Kier alpha value is -1.03. The lowest BCUT2D eigenvalue weighted by molar-refractivity contribution is -0.132. The largest absolute Gasteiger partial charge is 0.478 e. The monoisotopic (exact) mass is 244 g/mol. The molecule has 1 aromatic rings. The molecular weight excluding hydrogens is 236 g/mol. The predicted octanol–water partition coefficient (Wildman–Crippen LogP) is 2.53. The number of carboxylic acids is 1. The Bertz CT molecular complexity index is 301. The van der Waals surface area contributed by atoms with E-state index in [2.05, 4.69) is 15.9 Å². The highest BCUT2D eigenvalue weighted by molar-refractivity contribution is 9.09. The lowest BCUT2D eigenvalue weighted by Gasteiger charge is -1.96. The Balaban J connectivity index is 2.80. The highest BCUT2D eigenvalue weighted by atomic mass is 79.9. The van der Waals surface area contributed by atoms with Crippen LogP contribution in [0.3, 0.4) is 0 Å². The molecule has 0 aromatic carbocycles. The van der Waals surface area contributed by atoms with Crippen molar-refractivity contribution in [2.45, 2.75) is 6.42 Å². The Kier molecular flexibility index (Phi) is 3.76. The molecule has 1 N–H and O–H groups in total. The van der Waals surface area contributed by atoms with E-state index in [-0.39, 0.29) is 0 Å². The zero-order chi connectivity index (χ0) is 9.68. The van der Waals surface area contributed by atoms with Crippen LogP contribution in [0.25, 0.3) is 6.08 Å². The molecule has 0 saturated carbocycles. The van der Waals surface area contributed by atoms with Crippen LogP contribution in [0.15, 0.2) is 28.4 Å². The van der Waals surface area contributed by atoms with Crippen LogP contribution in [0.5, 0.6) is 0 Å². The lowest BCUT2D eigenvalue weighted by atomic mass is 10.2. The number of carboxylic acid groups (broad SMARTS) is 1. The first-order valence-corrected chi connectivity index (χ1v) is 4.89. The molecule has 0 saturated heterocycles. The number of rotatable bonds is 4. The fourth-order valence-electron chi connectivity index (χ4n) is 0.888. The van der Waals surface area contributed by atoms with Gasteiger partial charge in [-0.2, -0.15) is 0 Å². The van der Waals surface area contributed by atoms with Gasteiger partial charge in [0, 0.05) is 10.9 Å². The third-order valence-corrected chi connectivity index (χ3v) is 1.89. The molecule has 1 aromatic heterocycles. The van der Waals surface area contributed by atoms with Crippen molar-refractivity contribution >= 4 is 28.0 Å². The molecule has 70 valence electrons. The van der Waals surface area contributed by atoms with Gasteiger partial charge in [-0.25, -0.2) is 4.79 Å². The first-order chi connectivity index (χ1) is 6.24. The molecule has 13 heavy (non-hydrogen) atoms. The van der Waals surface area contributed by atoms with E-state index in [1.54, 1.807) is 12.1 Å². The molecule has 1 heterocycles. The van der Waals surface area contributed by atoms with Gasteiger partial charge in [-0.3, -0.25) is 0 Å². The standard InChI is InChI=1S/C9H9BrO3/c10-4-3-7(9(11)12)6-8-2-1-5-13-8/h1-2,5-6H,3-4H2,(H,11,12). The summed E-state index contributed by atoms with van der Waals surface area (Å²) in [5.74, 6) is -0.339. The highest BCUT2D eigenvalue weighted by Crippen LogP contribution is 2.11. The van der Waals surface area contributed by atoms with Gasteiger partial charge in [0.15, 0.2) is 0 Å². The minimum atomic E-state index is -0.907. The maximum absolute atomic E-state index is 10.7. The Morgan fingerprint density at radius 2 is 2.46 bits per heavy atom. The Morgan fingerprint density at radius 3 is 2.92 bits per heavy atom. The van der Waals surface area contributed by atoms with Crippen molar-refractivity contribution in [1.82, 2.24) is 0 Å². The molecule has 3 nitrogen and oxygen atoms in total. The van der Waals surface area contributed by atoms with Crippen LogP contribution >= 0.6 is 15.9 Å². The molecule has 0 unspecified atom stereocenters. The Labute approximate surface area is 84.2 Å². The van der Waals surface area contributed by atoms with Gasteiger partial charge in [-0.15, -0.1) is 0 Å². The van der Waals surface area contributed by atoms with Crippen molar-refractivity contribution in [2.24, 2.45) is 0 Å². The van der Waals surface area contributed by atoms with Gasteiger partial charge in [0.2, 0.25) is 0 Å². The van der Waals surface area contributed by atoms with Crippen molar-refractivity contribution in [1.29, 1.82) is 0 Å². The van der Waals surface area contributed by atoms with E-state index in [0.717, 1.165) is 0 Å². The van der Waals surface area contributed by atoms with Gasteiger partial charge >= 0.3 is 5.97 Å². The quantitative estimate of drug-likeness (QED) is 0.655. The minimum absolute atomic E-state index is 0.340. The van der Waals surface area contributed by atoms with Gasteiger partial charge in [0.05, 0.1) is 6.26 Å². The van der Waals surface area contributed by atoms with E-state index in [9.17, 15) is 4.79 Å². The number of furan rings is 1. The van der Waals surface area contributed by atoms with Gasteiger partial charge in [-0.05, 0) is 24.6 Å². The van der Waals surface area contributed by atoms with Gasteiger partial charge < -0.3 is 9.52 Å². The summed E-state index contributed by atoms with van der Waals surface area (Å²) in [4.78, 5) is 10.7. The second-order valence-electron chi connectivity index (χ2n) is 2.43. The third-order valence-electron chi connectivity index (χ3n) is 1.50. The first-order valence-electron chi connectivity index (χ1n) is 3.77. The molecule has 0 amide bonds. The lowest BCUT2D eigenvalue weighted by Crippen LogP contribution is -2.00. The van der Waals surface area contributed by atoms with E-state index in [1.807, 2.05) is 0 Å². The number of halogens is 1. The van der Waals surface area contributed by atoms with E-state index in [4.69, 9.17) is 9.52 Å². The van der Waals surface area contributed by atoms with Crippen molar-refractivity contribution in [3.63, 3.8) is 0 Å². The summed E-state index contributed by atoms with van der Waals surface area (Å²) in [5, 5.41) is 9.40. The molecule has 0 bridgehead atoms. The van der Waals surface area contributed by atoms with E-state index < -0.39 is 5.97 Å². The zero-order valence-corrected chi connectivity index (χ0v) is 8.45. The van der Waals surface area contributed by atoms with E-state index in [0.29, 0.717) is 23.1 Å². The molecule has 0 aliphatic rings. The molecule has 0 aliphatic heterocycles. The number of hydrogen-bond acceptors (Lipinski definition) is 2. The van der Waals surface area contributed by atoms with Crippen LogP contribution in [0.2, 0.25) is 0 Å². The summed E-state index contributed by atoms with van der Waals surface area (Å²) in [6.07, 6.45) is 3.53. The smallest absolute Gasteiger partial charge is 0.331 e. The van der Waals surface area contributed by atoms with Crippen molar-refractivity contribution in [2.75, 3.05) is 5.33 Å². The molecule has 0 atom stereocenters. The van der Waals surface area contributed by atoms with Crippen LogP contribution in [0, 0.1) is 0 Å². The SMILES string of the molecule is O=C(O)C(=Cc1ccco1)CCBr. The topological polar surface area (TPSA) is 50.4 Å². The van der Waals surface area contributed by atoms with Crippen molar-refractivity contribution in [3.05, 3.63) is 29.7 Å². The maximum atomic E-state index is 10.7. The predicted molar refractivity (Wildman–Crippen MR) is 52.7 cm³/mol. The summed E-state index contributed by atoms with van der Waals surface area (Å²) < 4.78 is 5.01. The maximum Gasteiger partial charge on any atom is 0.331 e. The second kappa shape index (κ2) is 4.87. The highest BCUT2D eigenvalue weighted by Gasteiger charge is 2.06. The average Bonchev–Trinajstić information content (AvgIpc) is 2.56. The van der Waals surface area contributed by atoms with Crippen LogP contribution in [0.1, 0.15) is 12.2 Å². The fourth-order valence-corrected chi connectivity index (χ4v) is 1.31. The van der Waals surface area contributed by atoms with Crippen molar-refractivity contribution < 1.29 is 14.3 Å². The molecule has 1 rings (SSSR count). The molecule has 4 heteroatoms. The zero-order valence-electron chi connectivity index (χ0n) is 6.87. The van der Waals surface area contributed by atoms with Crippen LogP contribution < -0.4 is 0 Å². The van der Waals surface area contributed by atoms with E-state index >= 15 is 0 Å². The average molecular weight is 245 g/mol. The molecule has 0 radical (unpaired) electrons. The molecule has 0 aliphatic carbocycles. The number of aliphatic carboxylic acids is 1. The molecule has 0 fully saturated rings. The summed E-state index contributed by atoms with van der Waals surface area (Å²) >= 11 is 3.19. The van der Waals surface area contributed by atoms with Crippen LogP contribution in [-0.2, 0) is 4.79 Å². The van der Waals surface area contributed by atoms with Gasteiger partial charge in [0.1, 0.15) is 5.76 Å². The molecular formula is C9H9BrO3. The van der Waals surface area contributed by atoms with Crippen LogP contribution in [-0.4, -0.2) is 16.4 Å². The minimum Gasteiger partial charge on any atom is -0.478 e. The summed E-state index contributed by atoms with van der Waals surface area (Å²) in [6.45, 7) is 0. The number of alkyl halides is 1. The second-order valence-corrected chi connectivity index (χ2v) is 3.22. The normalized spacial score (nSPS) is 11.6. The summed E-state index contributed by atoms with van der Waals surface area (Å²) in [5.41, 5.74) is 0.340. The Morgan fingerprint density at radius 1 is 1.69 bits per heavy atom. The van der Waals surface area contributed by atoms with Crippen LogP contribution in [0.4, 0.5) is 0 Å². The number of hydrogen-bond donors (Lipinski definition) is 1. The summed E-state index contributed by atoms with van der Waals surface area (Å²) in [6, 6.07) is 3.44. The third kappa shape index (κ3) is 3.06. The van der Waals surface area contributed by atoms with Crippen molar-refractivity contribution in [3.8, 4) is 0 Å². The summed E-state index contributed by atoms with van der Waals surface area (Å²) in [7, 11) is 0. The van der Waals surface area contributed by atoms with E-state index in [1.165, 1.54) is 12.3 Å². The fraction of sp³-hybridized carbons (Fsp3) is 0.222. The molecule has 0 spiro atoms. The first kappa shape index (κ1) is 10.1. The van der Waals surface area contributed by atoms with Gasteiger partial charge in [-0.1, -0.05) is 15.9 Å². The number of carbonyl (C=O) groups is 1.